The van der Waals surface area contributed by atoms with Gasteiger partial charge in [-0.05, 0) is 67.1 Å². The Hall–Kier alpha value is -5.41. The number of hydrogen-bond acceptors (Lipinski definition) is 11. The van der Waals surface area contributed by atoms with Gasteiger partial charge in [0.1, 0.15) is 47.3 Å². The summed E-state index contributed by atoms with van der Waals surface area (Å²) in [6.45, 7) is 6.99. The van der Waals surface area contributed by atoms with Crippen molar-refractivity contribution < 1.29 is 52.7 Å². The number of methoxy groups -OCH3 is 2. The van der Waals surface area contributed by atoms with Crippen LogP contribution in [0.4, 0.5) is 15.3 Å². The minimum atomic E-state index is -1.85. The molecule has 14 nitrogen and oxygen atoms in total. The van der Waals surface area contributed by atoms with E-state index in [0.29, 0.717) is 17.9 Å². The normalized spacial score (nSPS) is 29.0. The van der Waals surface area contributed by atoms with Gasteiger partial charge in [-0.1, -0.05) is 90.9 Å². The molecule has 0 spiro atoms. The third kappa shape index (κ3) is 8.65. The predicted octanol–water partition coefficient (Wildman–Crippen LogP) is 6.94. The maximum absolute atomic E-state index is 14.3. The number of epoxide rings is 1. The number of allylic oxidation sites excluding steroid dienone is 3. The van der Waals surface area contributed by atoms with Crippen LogP contribution < -0.4 is 15.0 Å². The van der Waals surface area contributed by atoms with Crippen molar-refractivity contribution in [3.05, 3.63) is 106 Å². The molecule has 2 N–H and O–H groups in total. The second-order valence-corrected chi connectivity index (χ2v) is 17.2. The molecule has 15 heteroatoms. The molecular formula is C47H54ClN3O11. The molecule has 3 aromatic carbocycles. The van der Waals surface area contributed by atoms with Gasteiger partial charge in [0.15, 0.2) is 5.72 Å². The van der Waals surface area contributed by atoms with Crippen LogP contribution in [0.25, 0.3) is 11.1 Å². The highest BCUT2D eigenvalue weighted by molar-refractivity contribution is 6.35. The summed E-state index contributed by atoms with van der Waals surface area (Å²) in [5.74, 6) is -1.65. The SMILES string of the molecule is COc1cc2cc(c1Cl)N(C)C(=O)CC(OC(=O)[C@H](C)N(C)C(=O)OCC1c3ccccc3-c3ccccc31)C1(C)OC1C(C)C1CC(O)(NC(=O)O1)C(OC)/C=C/C=C(\C)C2. The van der Waals surface area contributed by atoms with Gasteiger partial charge in [-0.3, -0.25) is 15.0 Å². The number of aliphatic hydroxyl groups is 1. The van der Waals surface area contributed by atoms with Gasteiger partial charge in [0.2, 0.25) is 5.91 Å². The molecule has 3 aliphatic heterocycles. The Balaban J connectivity index is 1.15. The van der Waals surface area contributed by atoms with Gasteiger partial charge < -0.3 is 38.4 Å². The maximum atomic E-state index is 14.3. The lowest BCUT2D eigenvalue weighted by Gasteiger charge is -2.42. The first-order valence-corrected chi connectivity index (χ1v) is 21.0. The molecule has 2 fully saturated rings. The molecule has 0 radical (unpaired) electrons. The zero-order chi connectivity index (χ0) is 44.7. The van der Waals surface area contributed by atoms with Crippen molar-refractivity contribution in [1.29, 1.82) is 0 Å². The maximum Gasteiger partial charge on any atom is 0.410 e. The molecule has 7 unspecified atom stereocenters. The van der Waals surface area contributed by atoms with E-state index in [1.165, 1.54) is 33.1 Å². The molecule has 330 valence electrons. The predicted molar refractivity (Wildman–Crippen MR) is 231 cm³/mol. The van der Waals surface area contributed by atoms with Crippen LogP contribution >= 0.6 is 11.6 Å². The standard InChI is InChI=1S/C47H54ClN3O11/c1-26-14-13-19-38(58-8)47(56)24-37(60-44(54)49-47)27(2)42-46(4,62-42)39(23-40(52)51(6)35-21-29(20-26)22-36(57-7)41(35)48)61-43(53)28(3)50(5)45(55)59-25-34-32-17-11-9-15-30(32)31-16-10-12-18-33(31)34/h9-19,21-22,27-28,34,37-39,42,56H,20,23-25H2,1-8H3,(H,49,54)/b19-13+,26-14+/t27?,28-,37?,38?,39?,42?,46?,47?/m0/s1. The molecule has 3 aromatic rings. The van der Waals surface area contributed by atoms with Gasteiger partial charge in [0.25, 0.3) is 0 Å². The Kier molecular flexibility index (Phi) is 12.8. The number of carbonyl (C=O) groups is 4. The van der Waals surface area contributed by atoms with Crippen LogP contribution in [0.2, 0.25) is 5.02 Å². The quantitative estimate of drug-likeness (QED) is 0.144. The zero-order valence-electron chi connectivity index (χ0n) is 36.2. The van der Waals surface area contributed by atoms with E-state index in [2.05, 4.69) is 5.32 Å². The molecule has 1 aliphatic carbocycles. The fourth-order valence-electron chi connectivity index (χ4n) is 8.86. The first-order valence-electron chi connectivity index (χ1n) is 20.7. The van der Waals surface area contributed by atoms with Crippen molar-refractivity contribution in [2.45, 2.75) is 94.7 Å². The third-order valence-corrected chi connectivity index (χ3v) is 13.1. The van der Waals surface area contributed by atoms with E-state index >= 15 is 0 Å². The fourth-order valence-corrected chi connectivity index (χ4v) is 9.17. The average Bonchev–Trinajstić information content (AvgIpc) is 3.85. The molecule has 0 saturated carbocycles. The summed E-state index contributed by atoms with van der Waals surface area (Å²) in [6, 6.07) is 18.4. The summed E-state index contributed by atoms with van der Waals surface area (Å²) in [5.41, 5.74) is 3.23. The fraction of sp³-hybridized carbons (Fsp3) is 0.447. The van der Waals surface area contributed by atoms with Crippen LogP contribution in [0.3, 0.4) is 0 Å². The number of benzene rings is 3. The number of amides is 3. The first-order chi connectivity index (χ1) is 29.5. The number of fused-ring (bicyclic) bond motifs is 8. The smallest absolute Gasteiger partial charge is 0.410 e. The molecule has 0 aromatic heterocycles. The Morgan fingerprint density at radius 2 is 1.74 bits per heavy atom. The summed E-state index contributed by atoms with van der Waals surface area (Å²) in [4.78, 5) is 57.5. The minimum absolute atomic E-state index is 0.0517. The van der Waals surface area contributed by atoms with Crippen LogP contribution in [0, 0.1) is 5.92 Å². The Morgan fingerprint density at radius 3 is 2.39 bits per heavy atom. The van der Waals surface area contributed by atoms with Gasteiger partial charge in [0.05, 0.1) is 25.3 Å². The monoisotopic (exact) mass is 871 g/mol. The van der Waals surface area contributed by atoms with Crippen molar-refractivity contribution in [3.8, 4) is 16.9 Å². The van der Waals surface area contributed by atoms with Crippen LogP contribution in [0.15, 0.2) is 84.5 Å². The number of nitrogens with one attached hydrogen (secondary N) is 1. The number of likely N-dealkylation sites (N-methyl/N-ethyl adjacent to an activating group) is 1. The van der Waals surface area contributed by atoms with Crippen molar-refractivity contribution in [2.24, 2.45) is 5.92 Å². The molecule has 3 heterocycles. The second-order valence-electron chi connectivity index (χ2n) is 16.8. The average molecular weight is 872 g/mol. The van der Waals surface area contributed by atoms with E-state index in [9.17, 15) is 24.3 Å². The Bertz CT molecular complexity index is 2250. The van der Waals surface area contributed by atoms with Crippen molar-refractivity contribution in [2.75, 3.05) is 39.8 Å². The zero-order valence-corrected chi connectivity index (χ0v) is 36.9. The summed E-state index contributed by atoms with van der Waals surface area (Å²) < 4.78 is 35.3. The molecule has 62 heavy (non-hydrogen) atoms. The van der Waals surface area contributed by atoms with Gasteiger partial charge in [-0.25, -0.2) is 14.4 Å². The number of anilines is 1. The van der Waals surface area contributed by atoms with Gasteiger partial charge in [0, 0.05) is 39.5 Å². The van der Waals surface area contributed by atoms with Crippen LogP contribution in [-0.2, 0) is 39.7 Å². The highest BCUT2D eigenvalue weighted by Crippen LogP contribution is 2.49. The van der Waals surface area contributed by atoms with E-state index in [1.54, 1.807) is 45.2 Å². The largest absolute Gasteiger partial charge is 0.495 e. The number of esters is 1. The number of carbonyl (C=O) groups excluding carboxylic acids is 4. The Labute approximate surface area is 366 Å². The number of hydrogen-bond donors (Lipinski definition) is 2. The van der Waals surface area contributed by atoms with Gasteiger partial charge in [-0.2, -0.15) is 0 Å². The molecule has 7 rings (SSSR count). The second kappa shape index (κ2) is 17.8. The van der Waals surface area contributed by atoms with Crippen molar-refractivity contribution in [3.63, 3.8) is 0 Å². The molecule has 2 saturated heterocycles. The number of alkyl carbamates (subject to hydrolysis) is 1. The van der Waals surface area contributed by atoms with E-state index < -0.39 is 71.8 Å². The third-order valence-electron chi connectivity index (χ3n) is 12.8. The summed E-state index contributed by atoms with van der Waals surface area (Å²) in [6.07, 6.45) is -0.0284. The number of rotatable bonds is 7. The van der Waals surface area contributed by atoms with Crippen LogP contribution in [0.1, 0.15) is 63.1 Å². The lowest BCUT2D eigenvalue weighted by molar-refractivity contribution is -0.158. The van der Waals surface area contributed by atoms with Crippen LogP contribution in [0.5, 0.6) is 5.75 Å². The van der Waals surface area contributed by atoms with Crippen molar-refractivity contribution >= 4 is 41.4 Å². The van der Waals surface area contributed by atoms with Gasteiger partial charge >= 0.3 is 18.2 Å². The molecule has 3 amide bonds. The number of nitrogens with zero attached hydrogens (tertiary/aromatic N) is 2. The Morgan fingerprint density at radius 1 is 1.08 bits per heavy atom. The highest BCUT2D eigenvalue weighted by atomic mass is 35.5. The summed E-state index contributed by atoms with van der Waals surface area (Å²) in [5, 5.41) is 14.6. The summed E-state index contributed by atoms with van der Waals surface area (Å²) >= 11 is 6.81. The van der Waals surface area contributed by atoms with Crippen molar-refractivity contribution in [1.82, 2.24) is 10.2 Å². The molecule has 4 bridgehead atoms. The number of ether oxygens (including phenoxy) is 6. The lowest BCUT2D eigenvalue weighted by Crippen LogP contribution is -2.63. The number of halogens is 1. The lowest BCUT2D eigenvalue weighted by atomic mass is 9.83. The van der Waals surface area contributed by atoms with E-state index in [0.717, 1.165) is 38.3 Å². The first kappa shape index (κ1) is 44.6. The van der Waals surface area contributed by atoms with Gasteiger partial charge in [-0.15, -0.1) is 0 Å². The van der Waals surface area contributed by atoms with E-state index in [1.807, 2.05) is 61.5 Å². The molecule has 8 atom stereocenters. The summed E-state index contributed by atoms with van der Waals surface area (Å²) in [7, 11) is 5.94. The van der Waals surface area contributed by atoms with E-state index in [-0.39, 0.29) is 30.4 Å². The minimum Gasteiger partial charge on any atom is -0.495 e. The topological polar surface area (TPSA) is 166 Å². The molecular weight excluding hydrogens is 818 g/mol. The highest BCUT2D eigenvalue weighted by Gasteiger charge is 2.64. The van der Waals surface area contributed by atoms with E-state index in [4.69, 9.17) is 40.0 Å². The van der Waals surface area contributed by atoms with Crippen LogP contribution in [-0.4, -0.2) is 111 Å². The molecule has 4 aliphatic rings.